The minimum Gasteiger partial charge on any atom is -0.313 e. The van der Waals surface area contributed by atoms with Crippen LogP contribution in [-0.4, -0.2) is 18.2 Å². The number of alkyl halides is 3. The van der Waals surface area contributed by atoms with E-state index >= 15 is 0 Å². The predicted octanol–water partition coefficient (Wildman–Crippen LogP) is 3.45. The van der Waals surface area contributed by atoms with Crippen molar-refractivity contribution in [2.24, 2.45) is 0 Å². The van der Waals surface area contributed by atoms with Gasteiger partial charge in [0.25, 0.3) is 0 Å². The summed E-state index contributed by atoms with van der Waals surface area (Å²) in [4.78, 5) is 4.17. The van der Waals surface area contributed by atoms with Crippen LogP contribution in [0, 0.1) is 0 Å². The average Bonchev–Trinajstić information content (AvgIpc) is 2.34. The fraction of sp³-hybridized carbons (Fsp3) is 0.308. The summed E-state index contributed by atoms with van der Waals surface area (Å²) in [5, 5.41) is 3.52. The monoisotopic (exact) mass is 254 g/mol. The van der Waals surface area contributed by atoms with Crippen LogP contribution in [-0.2, 0) is 0 Å². The van der Waals surface area contributed by atoms with Crippen LogP contribution in [0.4, 0.5) is 13.2 Å². The third kappa shape index (κ3) is 2.98. The summed E-state index contributed by atoms with van der Waals surface area (Å²) in [7, 11) is 1.52. The van der Waals surface area contributed by atoms with Crippen LogP contribution in [0.1, 0.15) is 18.0 Å². The summed E-state index contributed by atoms with van der Waals surface area (Å²) in [6.45, 7) is 0. The van der Waals surface area contributed by atoms with E-state index in [2.05, 4.69) is 10.3 Å². The number of nitrogens with zero attached hydrogens (tertiary/aromatic N) is 1. The molecular formula is C13H13F3N2. The van der Waals surface area contributed by atoms with Crippen LogP contribution >= 0.6 is 0 Å². The second-order valence-corrected chi connectivity index (χ2v) is 4.12. The maximum absolute atomic E-state index is 12.4. The Hall–Kier alpha value is -1.62. The molecule has 0 aliphatic carbocycles. The topological polar surface area (TPSA) is 24.9 Å². The van der Waals surface area contributed by atoms with Crippen molar-refractivity contribution in [2.75, 3.05) is 7.05 Å². The molecule has 0 bridgehead atoms. The van der Waals surface area contributed by atoms with Crippen LogP contribution in [0.25, 0.3) is 10.9 Å². The fourth-order valence-electron chi connectivity index (χ4n) is 1.90. The third-order valence-electron chi connectivity index (χ3n) is 2.80. The standard InChI is InChI=1S/C13H13F3N2/c1-17-12(7-13(14,15)16)10-6-9-4-2-3-5-11(9)18-8-10/h2-6,8,12,17H,7H2,1H3. The molecule has 1 N–H and O–H groups in total. The minimum absolute atomic E-state index is 0.550. The molecule has 2 aromatic rings. The average molecular weight is 254 g/mol. The van der Waals surface area contributed by atoms with E-state index in [9.17, 15) is 13.2 Å². The van der Waals surface area contributed by atoms with Crippen LogP contribution in [0.2, 0.25) is 0 Å². The number of hydrogen-bond donors (Lipinski definition) is 1. The fourth-order valence-corrected chi connectivity index (χ4v) is 1.90. The second-order valence-electron chi connectivity index (χ2n) is 4.12. The van der Waals surface area contributed by atoms with Crippen molar-refractivity contribution in [3.05, 3.63) is 42.1 Å². The Balaban J connectivity index is 2.33. The summed E-state index contributed by atoms with van der Waals surface area (Å²) in [6.07, 6.45) is -3.60. The van der Waals surface area contributed by atoms with Crippen LogP contribution in [0.5, 0.6) is 0 Å². The number of halogens is 3. The van der Waals surface area contributed by atoms with Crippen LogP contribution < -0.4 is 5.32 Å². The van der Waals surface area contributed by atoms with E-state index in [4.69, 9.17) is 0 Å². The Morgan fingerprint density at radius 2 is 2.00 bits per heavy atom. The van der Waals surface area contributed by atoms with E-state index in [-0.39, 0.29) is 0 Å². The van der Waals surface area contributed by atoms with E-state index < -0.39 is 18.6 Å². The van der Waals surface area contributed by atoms with Gasteiger partial charge in [-0.3, -0.25) is 4.98 Å². The van der Waals surface area contributed by atoms with Crippen molar-refractivity contribution >= 4 is 10.9 Å². The summed E-state index contributed by atoms with van der Waals surface area (Å²) in [5.74, 6) is 0. The smallest absolute Gasteiger partial charge is 0.313 e. The largest absolute Gasteiger partial charge is 0.390 e. The lowest BCUT2D eigenvalue weighted by Gasteiger charge is -2.18. The zero-order valence-corrected chi connectivity index (χ0v) is 9.83. The quantitative estimate of drug-likeness (QED) is 0.907. The van der Waals surface area contributed by atoms with Crippen molar-refractivity contribution in [1.29, 1.82) is 0 Å². The zero-order chi connectivity index (χ0) is 13.2. The third-order valence-corrected chi connectivity index (χ3v) is 2.80. The van der Waals surface area contributed by atoms with Gasteiger partial charge in [-0.25, -0.2) is 0 Å². The summed E-state index contributed by atoms with van der Waals surface area (Å²) in [5.41, 5.74) is 1.33. The first-order chi connectivity index (χ1) is 8.49. The maximum atomic E-state index is 12.4. The van der Waals surface area contributed by atoms with E-state index in [1.54, 1.807) is 6.07 Å². The minimum atomic E-state index is -4.20. The molecule has 1 aromatic carbocycles. The van der Waals surface area contributed by atoms with E-state index in [1.807, 2.05) is 24.3 Å². The van der Waals surface area contributed by atoms with Gasteiger partial charge in [-0.05, 0) is 24.7 Å². The molecule has 0 spiro atoms. The number of hydrogen-bond acceptors (Lipinski definition) is 2. The lowest BCUT2D eigenvalue weighted by atomic mass is 10.0. The molecule has 0 aliphatic rings. The first-order valence-corrected chi connectivity index (χ1v) is 5.58. The van der Waals surface area contributed by atoms with E-state index in [0.717, 1.165) is 10.9 Å². The first kappa shape index (κ1) is 12.8. The van der Waals surface area contributed by atoms with Crippen molar-refractivity contribution in [2.45, 2.75) is 18.6 Å². The highest BCUT2D eigenvalue weighted by atomic mass is 19.4. The summed E-state index contributed by atoms with van der Waals surface area (Å²) in [6, 6.07) is 8.34. The molecule has 2 rings (SSSR count). The van der Waals surface area contributed by atoms with Gasteiger partial charge in [-0.15, -0.1) is 0 Å². The number of rotatable bonds is 3. The molecule has 5 heteroatoms. The summed E-state index contributed by atoms with van der Waals surface area (Å²) >= 11 is 0. The maximum Gasteiger partial charge on any atom is 0.390 e. The van der Waals surface area contributed by atoms with Crippen LogP contribution in [0.3, 0.4) is 0 Å². The van der Waals surface area contributed by atoms with Gasteiger partial charge in [0.05, 0.1) is 11.9 Å². The molecule has 0 radical (unpaired) electrons. The van der Waals surface area contributed by atoms with Crippen molar-refractivity contribution in [3.63, 3.8) is 0 Å². The molecule has 96 valence electrons. The highest BCUT2D eigenvalue weighted by Crippen LogP contribution is 2.29. The lowest BCUT2D eigenvalue weighted by Crippen LogP contribution is -2.23. The van der Waals surface area contributed by atoms with Gasteiger partial charge in [0.15, 0.2) is 0 Å². The molecule has 0 aliphatic heterocycles. The van der Waals surface area contributed by atoms with Crippen molar-refractivity contribution in [3.8, 4) is 0 Å². The van der Waals surface area contributed by atoms with E-state index in [1.165, 1.54) is 13.2 Å². The number of nitrogens with one attached hydrogen (secondary N) is 1. The first-order valence-electron chi connectivity index (χ1n) is 5.58. The molecule has 1 unspecified atom stereocenters. The molecule has 0 amide bonds. The Labute approximate surface area is 103 Å². The number of pyridine rings is 1. The highest BCUT2D eigenvalue weighted by Gasteiger charge is 2.32. The van der Waals surface area contributed by atoms with Crippen LogP contribution in [0.15, 0.2) is 36.5 Å². The molecule has 1 heterocycles. The van der Waals surface area contributed by atoms with Gasteiger partial charge in [-0.2, -0.15) is 13.2 Å². The number of aromatic nitrogens is 1. The lowest BCUT2D eigenvalue weighted by molar-refractivity contribution is -0.140. The molecule has 18 heavy (non-hydrogen) atoms. The Morgan fingerprint density at radius 1 is 1.28 bits per heavy atom. The molecule has 0 fully saturated rings. The van der Waals surface area contributed by atoms with Gasteiger partial charge >= 0.3 is 6.18 Å². The highest BCUT2D eigenvalue weighted by molar-refractivity contribution is 5.78. The summed E-state index contributed by atoms with van der Waals surface area (Å²) < 4.78 is 37.3. The van der Waals surface area contributed by atoms with Crippen molar-refractivity contribution in [1.82, 2.24) is 10.3 Å². The number of para-hydroxylation sites is 1. The Bertz CT molecular complexity index is 537. The molecule has 0 saturated carbocycles. The normalized spacial score (nSPS) is 13.8. The van der Waals surface area contributed by atoms with Gasteiger partial charge in [0.1, 0.15) is 0 Å². The molecular weight excluding hydrogens is 241 g/mol. The van der Waals surface area contributed by atoms with E-state index in [0.29, 0.717) is 5.56 Å². The predicted molar refractivity (Wildman–Crippen MR) is 64.2 cm³/mol. The molecule has 0 saturated heterocycles. The second kappa shape index (κ2) is 4.94. The Kier molecular flexibility index (Phi) is 3.52. The van der Waals surface area contributed by atoms with Gasteiger partial charge in [0, 0.05) is 17.6 Å². The van der Waals surface area contributed by atoms with Crippen molar-refractivity contribution < 1.29 is 13.2 Å². The molecule has 1 aromatic heterocycles. The number of benzene rings is 1. The molecule has 2 nitrogen and oxygen atoms in total. The zero-order valence-electron chi connectivity index (χ0n) is 9.83. The van der Waals surface area contributed by atoms with Gasteiger partial charge in [0.2, 0.25) is 0 Å². The number of fused-ring (bicyclic) bond motifs is 1. The molecule has 1 atom stereocenters. The van der Waals surface area contributed by atoms with Gasteiger partial charge < -0.3 is 5.32 Å². The SMILES string of the molecule is CNC(CC(F)(F)F)c1cnc2ccccc2c1. The van der Waals surface area contributed by atoms with Gasteiger partial charge in [-0.1, -0.05) is 18.2 Å². The Morgan fingerprint density at radius 3 is 2.67 bits per heavy atom.